The first-order valence-corrected chi connectivity index (χ1v) is 15.7. The number of carbonyl (C=O) groups is 2. The van der Waals surface area contributed by atoms with Crippen LogP contribution in [-0.4, -0.2) is 72.1 Å². The highest BCUT2D eigenvalue weighted by Gasteiger charge is 2.28. The number of ether oxygens (including phenoxy) is 1. The molecule has 10 nitrogen and oxygen atoms in total. The average Bonchev–Trinajstić information content (AvgIpc) is 2.97. The zero-order chi connectivity index (χ0) is 28.3. The molecule has 0 N–H and O–H groups in total. The first-order chi connectivity index (χ1) is 19.2. The van der Waals surface area contributed by atoms with E-state index in [1.54, 1.807) is 17.0 Å². The molecule has 11 heteroatoms. The summed E-state index contributed by atoms with van der Waals surface area (Å²) < 4.78 is 30.7. The number of sulfone groups is 1. The van der Waals surface area contributed by atoms with Crippen molar-refractivity contribution in [1.82, 2.24) is 19.4 Å². The Hall–Kier alpha value is -3.44. The molecule has 40 heavy (non-hydrogen) atoms. The van der Waals surface area contributed by atoms with Crippen LogP contribution in [0, 0.1) is 5.92 Å². The van der Waals surface area contributed by atoms with Crippen molar-refractivity contribution in [1.29, 1.82) is 0 Å². The van der Waals surface area contributed by atoms with Crippen LogP contribution in [0.5, 0.6) is 0 Å². The standard InChI is InChI=1S/C29H34N4O6S/c1-40(37,38)23-9-10-24-25(17-23)31-19-33(29(24)36)26(15-20-5-3-2-4-6-20)27(34)16-22-8-7-21(18-30-22)28(35)32-11-13-39-14-12-32/h7-10,17-20,26H,2-6,11-16H2,1H3. The molecule has 1 saturated heterocycles. The summed E-state index contributed by atoms with van der Waals surface area (Å²) in [6, 6.07) is 6.90. The van der Waals surface area contributed by atoms with E-state index in [4.69, 9.17) is 4.74 Å². The summed E-state index contributed by atoms with van der Waals surface area (Å²) in [4.78, 5) is 50.6. The maximum Gasteiger partial charge on any atom is 0.261 e. The van der Waals surface area contributed by atoms with Gasteiger partial charge in [0.2, 0.25) is 0 Å². The molecule has 1 aliphatic carbocycles. The van der Waals surface area contributed by atoms with Crippen LogP contribution in [0.2, 0.25) is 0 Å². The molecule has 1 saturated carbocycles. The molecule has 1 amide bonds. The minimum atomic E-state index is -3.46. The average molecular weight is 567 g/mol. The molecule has 2 aliphatic rings. The summed E-state index contributed by atoms with van der Waals surface area (Å²) in [7, 11) is -3.46. The molecule has 1 unspecified atom stereocenters. The van der Waals surface area contributed by atoms with Gasteiger partial charge in [-0.15, -0.1) is 0 Å². The van der Waals surface area contributed by atoms with Crippen molar-refractivity contribution in [2.24, 2.45) is 5.92 Å². The van der Waals surface area contributed by atoms with E-state index < -0.39 is 15.9 Å². The van der Waals surface area contributed by atoms with Crippen molar-refractivity contribution < 1.29 is 22.7 Å². The summed E-state index contributed by atoms with van der Waals surface area (Å²) >= 11 is 0. The van der Waals surface area contributed by atoms with Crippen molar-refractivity contribution in [3.05, 3.63) is 64.5 Å². The molecule has 1 aromatic carbocycles. The lowest BCUT2D eigenvalue weighted by molar-refractivity contribution is -0.122. The summed E-state index contributed by atoms with van der Waals surface area (Å²) in [6.45, 7) is 2.09. The fourth-order valence-electron chi connectivity index (χ4n) is 5.61. The third-order valence-electron chi connectivity index (χ3n) is 7.90. The Morgan fingerprint density at radius 3 is 2.48 bits per heavy atom. The van der Waals surface area contributed by atoms with Gasteiger partial charge in [0, 0.05) is 31.2 Å². The van der Waals surface area contributed by atoms with Crippen molar-refractivity contribution >= 4 is 32.4 Å². The predicted octanol–water partition coefficient (Wildman–Crippen LogP) is 2.99. The largest absolute Gasteiger partial charge is 0.378 e. The van der Waals surface area contributed by atoms with E-state index in [2.05, 4.69) is 9.97 Å². The highest BCUT2D eigenvalue weighted by Crippen LogP contribution is 2.31. The molecular formula is C29H34N4O6S. The van der Waals surface area contributed by atoms with E-state index in [-0.39, 0.29) is 39.5 Å². The maximum absolute atomic E-state index is 13.7. The van der Waals surface area contributed by atoms with Gasteiger partial charge < -0.3 is 9.64 Å². The zero-order valence-electron chi connectivity index (χ0n) is 22.6. The van der Waals surface area contributed by atoms with Gasteiger partial charge in [-0.1, -0.05) is 32.1 Å². The van der Waals surface area contributed by atoms with Crippen LogP contribution in [0.4, 0.5) is 0 Å². The van der Waals surface area contributed by atoms with Crippen LogP contribution in [-0.2, 0) is 25.8 Å². The number of rotatable bonds is 8. The van der Waals surface area contributed by atoms with Gasteiger partial charge in [-0.3, -0.25) is 23.9 Å². The van der Waals surface area contributed by atoms with Gasteiger partial charge in [-0.2, -0.15) is 0 Å². The highest BCUT2D eigenvalue weighted by atomic mass is 32.2. The van der Waals surface area contributed by atoms with E-state index in [0.29, 0.717) is 49.9 Å². The van der Waals surface area contributed by atoms with E-state index >= 15 is 0 Å². The number of carbonyl (C=O) groups excluding carboxylic acids is 2. The number of aromatic nitrogens is 3. The fourth-order valence-corrected chi connectivity index (χ4v) is 6.25. The lowest BCUT2D eigenvalue weighted by atomic mass is 9.83. The first-order valence-electron chi connectivity index (χ1n) is 13.8. The van der Waals surface area contributed by atoms with Crippen molar-refractivity contribution in [2.75, 3.05) is 32.6 Å². The zero-order valence-corrected chi connectivity index (χ0v) is 23.4. The number of ketones is 1. The second-order valence-corrected chi connectivity index (χ2v) is 12.8. The van der Waals surface area contributed by atoms with E-state index in [1.165, 1.54) is 41.7 Å². The second-order valence-electron chi connectivity index (χ2n) is 10.7. The number of hydrogen-bond donors (Lipinski definition) is 0. The van der Waals surface area contributed by atoms with Crippen LogP contribution in [0.25, 0.3) is 10.9 Å². The van der Waals surface area contributed by atoms with Gasteiger partial charge in [0.1, 0.15) is 0 Å². The van der Waals surface area contributed by atoms with E-state index in [0.717, 1.165) is 31.9 Å². The SMILES string of the molecule is CS(=O)(=O)c1ccc2c(=O)n(C(CC3CCCCC3)C(=O)Cc3ccc(C(=O)N4CCOCC4)cn3)cnc2c1. The molecule has 1 atom stereocenters. The Balaban J connectivity index is 1.40. The number of morpholine rings is 1. The third-order valence-corrected chi connectivity index (χ3v) is 9.01. The third kappa shape index (κ3) is 6.31. The fraction of sp³-hybridized carbons (Fsp3) is 0.483. The van der Waals surface area contributed by atoms with Gasteiger partial charge in [0.15, 0.2) is 15.6 Å². The Bertz CT molecular complexity index is 1560. The number of benzene rings is 1. The maximum atomic E-state index is 13.7. The molecule has 3 aromatic rings. The van der Waals surface area contributed by atoms with Crippen LogP contribution in [0.15, 0.2) is 52.5 Å². The van der Waals surface area contributed by atoms with Gasteiger partial charge >= 0.3 is 0 Å². The molecule has 0 spiro atoms. The minimum Gasteiger partial charge on any atom is -0.378 e. The number of pyridine rings is 1. The molecule has 3 heterocycles. The number of amides is 1. The number of Topliss-reactive ketones (excluding diaryl/α,β-unsaturated/α-hetero) is 1. The number of nitrogens with zero attached hydrogens (tertiary/aromatic N) is 4. The van der Waals surface area contributed by atoms with Gasteiger partial charge in [-0.25, -0.2) is 13.4 Å². The summed E-state index contributed by atoms with van der Waals surface area (Å²) in [5.41, 5.74) is 0.880. The van der Waals surface area contributed by atoms with Crippen molar-refractivity contribution in [3.8, 4) is 0 Å². The Kier molecular flexibility index (Phi) is 8.41. The number of hydrogen-bond acceptors (Lipinski definition) is 8. The van der Waals surface area contributed by atoms with Crippen LogP contribution >= 0.6 is 0 Å². The number of fused-ring (bicyclic) bond motifs is 1. The van der Waals surface area contributed by atoms with Crippen molar-refractivity contribution in [3.63, 3.8) is 0 Å². The Morgan fingerprint density at radius 1 is 1.05 bits per heavy atom. The normalized spacial score (nSPS) is 17.6. The summed E-state index contributed by atoms with van der Waals surface area (Å²) in [5.74, 6) is 0.0531. The topological polar surface area (TPSA) is 129 Å². The van der Waals surface area contributed by atoms with Gasteiger partial charge in [-0.05, 0) is 42.7 Å². The van der Waals surface area contributed by atoms with Crippen LogP contribution in [0.3, 0.4) is 0 Å². The van der Waals surface area contributed by atoms with Crippen molar-refractivity contribution in [2.45, 2.75) is 55.9 Å². The monoisotopic (exact) mass is 566 g/mol. The summed E-state index contributed by atoms with van der Waals surface area (Å²) in [5, 5.41) is 0.264. The predicted molar refractivity (Wildman–Crippen MR) is 149 cm³/mol. The Morgan fingerprint density at radius 2 is 1.80 bits per heavy atom. The lowest BCUT2D eigenvalue weighted by Crippen LogP contribution is -2.40. The molecule has 212 valence electrons. The molecule has 5 rings (SSSR count). The van der Waals surface area contributed by atoms with Gasteiger partial charge in [0.05, 0.1) is 53.4 Å². The first kappa shape index (κ1) is 28.1. The van der Waals surface area contributed by atoms with Crippen LogP contribution < -0.4 is 5.56 Å². The molecular weight excluding hydrogens is 532 g/mol. The second kappa shape index (κ2) is 12.0. The van der Waals surface area contributed by atoms with Gasteiger partial charge in [0.25, 0.3) is 11.5 Å². The minimum absolute atomic E-state index is 0.0148. The molecule has 0 bridgehead atoms. The molecule has 0 radical (unpaired) electrons. The smallest absolute Gasteiger partial charge is 0.261 e. The summed E-state index contributed by atoms with van der Waals surface area (Å²) in [6.07, 6.45) is 9.90. The molecule has 2 fully saturated rings. The Labute approximate surface area is 233 Å². The molecule has 1 aliphatic heterocycles. The quantitative estimate of drug-likeness (QED) is 0.407. The van der Waals surface area contributed by atoms with E-state index in [9.17, 15) is 22.8 Å². The highest BCUT2D eigenvalue weighted by molar-refractivity contribution is 7.90. The lowest BCUT2D eigenvalue weighted by Gasteiger charge is -2.27. The van der Waals surface area contributed by atoms with Crippen LogP contribution in [0.1, 0.15) is 60.6 Å². The molecule has 2 aromatic heterocycles. The van der Waals surface area contributed by atoms with E-state index in [1.807, 2.05) is 0 Å².